The Labute approximate surface area is 91.0 Å². The van der Waals surface area contributed by atoms with Crippen molar-refractivity contribution in [3.63, 3.8) is 0 Å². The van der Waals surface area contributed by atoms with Crippen molar-refractivity contribution in [2.75, 3.05) is 12.4 Å². The molecule has 14 heavy (non-hydrogen) atoms. The zero-order valence-electron chi connectivity index (χ0n) is 7.93. The fourth-order valence-corrected chi connectivity index (χ4v) is 2.26. The van der Waals surface area contributed by atoms with E-state index in [1.807, 2.05) is 6.07 Å². The van der Waals surface area contributed by atoms with Crippen LogP contribution in [0.5, 0.6) is 0 Å². The molecular formula is C10H11BrN2O. The molecule has 0 amide bonds. The third-order valence-corrected chi connectivity index (χ3v) is 3.01. The van der Waals surface area contributed by atoms with E-state index in [2.05, 4.69) is 26.2 Å². The third-order valence-electron chi connectivity index (χ3n) is 2.41. The van der Waals surface area contributed by atoms with Crippen LogP contribution in [0.25, 0.3) is 0 Å². The Hall–Kier alpha value is -0.900. The molecule has 0 aromatic carbocycles. The molecule has 1 N–H and O–H groups in total. The summed E-state index contributed by atoms with van der Waals surface area (Å²) in [5.41, 5.74) is 1.70. The molecule has 1 aliphatic rings. The SMILES string of the molecule is CNc1nc2c(cc1Br)CCCC2=O. The predicted molar refractivity (Wildman–Crippen MR) is 58.8 cm³/mol. The molecule has 0 saturated carbocycles. The first-order valence-electron chi connectivity index (χ1n) is 4.62. The number of hydrogen-bond donors (Lipinski definition) is 1. The number of hydrogen-bond acceptors (Lipinski definition) is 3. The van der Waals surface area contributed by atoms with E-state index in [9.17, 15) is 4.79 Å². The topological polar surface area (TPSA) is 42.0 Å². The van der Waals surface area contributed by atoms with Crippen LogP contribution in [0.4, 0.5) is 5.82 Å². The first-order chi connectivity index (χ1) is 6.72. The lowest BCUT2D eigenvalue weighted by atomic mass is 9.95. The van der Waals surface area contributed by atoms with Gasteiger partial charge in [-0.2, -0.15) is 0 Å². The molecule has 3 nitrogen and oxygen atoms in total. The summed E-state index contributed by atoms with van der Waals surface area (Å²) in [6.45, 7) is 0. The van der Waals surface area contributed by atoms with Gasteiger partial charge in [-0.05, 0) is 40.4 Å². The fourth-order valence-electron chi connectivity index (χ4n) is 1.69. The number of nitrogens with zero attached hydrogens (tertiary/aromatic N) is 1. The van der Waals surface area contributed by atoms with E-state index in [1.54, 1.807) is 7.05 Å². The second-order valence-corrected chi connectivity index (χ2v) is 4.21. The van der Waals surface area contributed by atoms with Crippen LogP contribution < -0.4 is 5.32 Å². The van der Waals surface area contributed by atoms with Crippen molar-refractivity contribution >= 4 is 27.5 Å². The number of aryl methyl sites for hydroxylation is 1. The summed E-state index contributed by atoms with van der Waals surface area (Å²) in [5, 5.41) is 2.96. The lowest BCUT2D eigenvalue weighted by molar-refractivity contribution is 0.0967. The van der Waals surface area contributed by atoms with Crippen molar-refractivity contribution in [1.82, 2.24) is 4.98 Å². The molecule has 2 rings (SSSR count). The first-order valence-corrected chi connectivity index (χ1v) is 5.42. The maximum atomic E-state index is 11.6. The summed E-state index contributed by atoms with van der Waals surface area (Å²) in [4.78, 5) is 15.9. The summed E-state index contributed by atoms with van der Waals surface area (Å²) >= 11 is 3.42. The zero-order chi connectivity index (χ0) is 10.1. The zero-order valence-corrected chi connectivity index (χ0v) is 9.52. The minimum Gasteiger partial charge on any atom is -0.372 e. The van der Waals surface area contributed by atoms with Gasteiger partial charge in [0.25, 0.3) is 0 Å². The smallest absolute Gasteiger partial charge is 0.181 e. The summed E-state index contributed by atoms with van der Waals surface area (Å²) < 4.78 is 0.924. The van der Waals surface area contributed by atoms with E-state index >= 15 is 0 Å². The van der Waals surface area contributed by atoms with Gasteiger partial charge in [0, 0.05) is 13.5 Å². The van der Waals surface area contributed by atoms with Crippen molar-refractivity contribution in [3.05, 3.63) is 21.8 Å². The van der Waals surface area contributed by atoms with E-state index < -0.39 is 0 Å². The van der Waals surface area contributed by atoms with E-state index in [0.717, 1.165) is 28.7 Å². The standard InChI is InChI=1S/C10H11BrN2O/c1-12-10-7(11)5-6-3-2-4-8(14)9(6)13-10/h5H,2-4H2,1H3,(H,12,13). The molecule has 1 aromatic heterocycles. The molecule has 74 valence electrons. The van der Waals surface area contributed by atoms with Gasteiger partial charge in [0.15, 0.2) is 5.78 Å². The van der Waals surface area contributed by atoms with Crippen LogP contribution in [0.1, 0.15) is 28.9 Å². The highest BCUT2D eigenvalue weighted by atomic mass is 79.9. The van der Waals surface area contributed by atoms with Crippen molar-refractivity contribution < 1.29 is 4.79 Å². The van der Waals surface area contributed by atoms with Gasteiger partial charge in [-0.15, -0.1) is 0 Å². The number of nitrogens with one attached hydrogen (secondary N) is 1. The number of carbonyl (C=O) groups excluding carboxylic acids is 1. The van der Waals surface area contributed by atoms with Crippen molar-refractivity contribution in [2.45, 2.75) is 19.3 Å². The summed E-state index contributed by atoms with van der Waals surface area (Å²) in [6.07, 6.45) is 2.53. The van der Waals surface area contributed by atoms with E-state index in [1.165, 1.54) is 0 Å². The van der Waals surface area contributed by atoms with E-state index in [4.69, 9.17) is 0 Å². The van der Waals surface area contributed by atoms with Gasteiger partial charge >= 0.3 is 0 Å². The van der Waals surface area contributed by atoms with Gasteiger partial charge in [0.1, 0.15) is 11.5 Å². The molecule has 0 aliphatic heterocycles. The normalized spacial score (nSPS) is 15.1. The van der Waals surface area contributed by atoms with Gasteiger partial charge in [-0.1, -0.05) is 0 Å². The quantitative estimate of drug-likeness (QED) is 0.837. The second-order valence-electron chi connectivity index (χ2n) is 3.35. The third kappa shape index (κ3) is 1.54. The van der Waals surface area contributed by atoms with Gasteiger partial charge in [-0.25, -0.2) is 4.98 Å². The number of fused-ring (bicyclic) bond motifs is 1. The molecule has 1 aliphatic carbocycles. The van der Waals surface area contributed by atoms with Gasteiger partial charge < -0.3 is 5.32 Å². The van der Waals surface area contributed by atoms with Crippen LogP contribution in [0.3, 0.4) is 0 Å². The molecule has 4 heteroatoms. The minimum absolute atomic E-state index is 0.162. The number of ketones is 1. The van der Waals surface area contributed by atoms with Crippen LogP contribution in [0.15, 0.2) is 10.5 Å². The molecule has 0 radical (unpaired) electrons. The monoisotopic (exact) mass is 254 g/mol. The Morgan fingerprint density at radius 2 is 2.29 bits per heavy atom. The molecule has 1 heterocycles. The highest BCUT2D eigenvalue weighted by Crippen LogP contribution is 2.27. The highest BCUT2D eigenvalue weighted by Gasteiger charge is 2.20. The number of rotatable bonds is 1. The summed E-state index contributed by atoms with van der Waals surface area (Å²) in [7, 11) is 1.80. The molecule has 0 spiro atoms. The maximum absolute atomic E-state index is 11.6. The summed E-state index contributed by atoms with van der Waals surface area (Å²) in [6, 6.07) is 1.99. The molecule has 0 unspecified atom stereocenters. The van der Waals surface area contributed by atoms with Gasteiger partial charge in [0.2, 0.25) is 0 Å². The van der Waals surface area contributed by atoms with Crippen LogP contribution in [0.2, 0.25) is 0 Å². The number of carbonyl (C=O) groups is 1. The van der Waals surface area contributed by atoms with Crippen molar-refractivity contribution in [2.24, 2.45) is 0 Å². The fraction of sp³-hybridized carbons (Fsp3) is 0.400. The molecule has 0 atom stereocenters. The average Bonchev–Trinajstić information content (AvgIpc) is 2.17. The van der Waals surface area contributed by atoms with Crippen LogP contribution in [-0.2, 0) is 6.42 Å². The number of anilines is 1. The molecule has 1 aromatic rings. The van der Waals surface area contributed by atoms with Gasteiger partial charge in [-0.3, -0.25) is 4.79 Å². The maximum Gasteiger partial charge on any atom is 0.181 e. The Morgan fingerprint density at radius 1 is 1.50 bits per heavy atom. The lowest BCUT2D eigenvalue weighted by Crippen LogP contribution is -2.14. The lowest BCUT2D eigenvalue weighted by Gasteiger charge is -2.15. The van der Waals surface area contributed by atoms with E-state index in [-0.39, 0.29) is 5.78 Å². The highest BCUT2D eigenvalue weighted by molar-refractivity contribution is 9.10. The Morgan fingerprint density at radius 3 is 3.00 bits per heavy atom. The van der Waals surface area contributed by atoms with Gasteiger partial charge in [0.05, 0.1) is 4.47 Å². The largest absolute Gasteiger partial charge is 0.372 e. The molecule has 0 saturated heterocycles. The van der Waals surface area contributed by atoms with Crippen LogP contribution >= 0.6 is 15.9 Å². The van der Waals surface area contributed by atoms with Crippen LogP contribution in [0, 0.1) is 0 Å². The van der Waals surface area contributed by atoms with Crippen LogP contribution in [-0.4, -0.2) is 17.8 Å². The molecule has 0 bridgehead atoms. The Kier molecular flexibility index (Phi) is 2.54. The van der Waals surface area contributed by atoms with Crippen molar-refractivity contribution in [1.29, 1.82) is 0 Å². The van der Waals surface area contributed by atoms with E-state index in [0.29, 0.717) is 12.1 Å². The first kappa shape index (κ1) is 9.65. The molecule has 0 fully saturated rings. The Balaban J connectivity index is 2.54. The summed E-state index contributed by atoms with van der Waals surface area (Å²) in [5.74, 6) is 0.897. The second kappa shape index (κ2) is 3.69. The Bertz CT molecular complexity index is 390. The minimum atomic E-state index is 0.162. The van der Waals surface area contributed by atoms with Crippen molar-refractivity contribution in [3.8, 4) is 0 Å². The number of Topliss-reactive ketones (excluding diaryl/α,β-unsaturated/α-hetero) is 1. The number of halogens is 1. The predicted octanol–water partition coefficient (Wildman–Crippen LogP) is 2.40. The molecular weight excluding hydrogens is 244 g/mol. The number of aromatic nitrogens is 1. The number of pyridine rings is 1. The average molecular weight is 255 g/mol.